The largest absolute Gasteiger partial charge is 0.415 e. The molecule has 9 nitrogen and oxygen atoms in total. The van der Waals surface area contributed by atoms with Crippen LogP contribution in [0.25, 0.3) is 0 Å². The number of morpholine rings is 1. The number of nitrogens with one attached hydrogen (secondary N) is 2. The number of para-hydroxylation sites is 1. The minimum atomic E-state index is -0.478. The van der Waals surface area contributed by atoms with Crippen LogP contribution in [0.1, 0.15) is 25.6 Å². The van der Waals surface area contributed by atoms with Crippen molar-refractivity contribution in [1.29, 1.82) is 0 Å². The van der Waals surface area contributed by atoms with E-state index in [0.717, 1.165) is 0 Å². The summed E-state index contributed by atoms with van der Waals surface area (Å²) in [4.78, 5) is 39.4. The maximum absolute atomic E-state index is 12.7. The van der Waals surface area contributed by atoms with Crippen molar-refractivity contribution in [3.05, 3.63) is 82.0 Å². The summed E-state index contributed by atoms with van der Waals surface area (Å²) in [5, 5.41) is 8.56. The molecule has 3 aromatic rings. The van der Waals surface area contributed by atoms with Crippen molar-refractivity contribution in [1.82, 2.24) is 10.3 Å². The molecule has 0 atom stereocenters. The molecule has 1 fully saturated rings. The Hall–Kier alpha value is -4.02. The summed E-state index contributed by atoms with van der Waals surface area (Å²) in [6.45, 7) is 1.95. The number of hydrogen-bond donors (Lipinski definition) is 2. The van der Waals surface area contributed by atoms with Gasteiger partial charge in [-0.2, -0.15) is 5.10 Å². The SMILES string of the molecule is O=C(Nc1ccccc1C(=O)NN=Cc1cccc(OC(=O)N2CCOCC2)c1)c1cccs1. The van der Waals surface area contributed by atoms with Gasteiger partial charge >= 0.3 is 6.09 Å². The van der Waals surface area contributed by atoms with Crippen molar-refractivity contribution in [2.24, 2.45) is 5.10 Å². The molecule has 2 heterocycles. The monoisotopic (exact) mass is 478 g/mol. The molecule has 4 rings (SSSR count). The van der Waals surface area contributed by atoms with Crippen LogP contribution in [0.4, 0.5) is 10.5 Å². The van der Waals surface area contributed by atoms with Gasteiger partial charge in [-0.1, -0.05) is 30.3 Å². The molecule has 174 valence electrons. The molecule has 0 radical (unpaired) electrons. The molecule has 2 N–H and O–H groups in total. The van der Waals surface area contributed by atoms with Crippen molar-refractivity contribution in [3.63, 3.8) is 0 Å². The second-order valence-electron chi connectivity index (χ2n) is 7.22. The smallest absolute Gasteiger partial charge is 0.410 e. The fourth-order valence-electron chi connectivity index (χ4n) is 3.18. The van der Waals surface area contributed by atoms with Crippen molar-refractivity contribution in [2.75, 3.05) is 31.6 Å². The van der Waals surface area contributed by atoms with E-state index in [9.17, 15) is 14.4 Å². The topological polar surface area (TPSA) is 109 Å². The van der Waals surface area contributed by atoms with Crippen LogP contribution >= 0.6 is 11.3 Å². The van der Waals surface area contributed by atoms with Crippen LogP contribution in [-0.4, -0.2) is 55.3 Å². The number of rotatable bonds is 6. The Morgan fingerprint density at radius 1 is 1.00 bits per heavy atom. The van der Waals surface area contributed by atoms with Crippen LogP contribution in [0.2, 0.25) is 0 Å². The molecule has 2 aromatic carbocycles. The molecule has 10 heteroatoms. The molecule has 3 amide bonds. The molecule has 0 unspecified atom stereocenters. The van der Waals surface area contributed by atoms with Gasteiger partial charge in [-0.3, -0.25) is 9.59 Å². The van der Waals surface area contributed by atoms with E-state index < -0.39 is 12.0 Å². The van der Waals surface area contributed by atoms with Gasteiger partial charge in [0.25, 0.3) is 11.8 Å². The van der Waals surface area contributed by atoms with E-state index in [-0.39, 0.29) is 11.5 Å². The lowest BCUT2D eigenvalue weighted by molar-refractivity contribution is 0.0416. The number of amides is 3. The van der Waals surface area contributed by atoms with Crippen LogP contribution in [0.5, 0.6) is 5.75 Å². The second-order valence-corrected chi connectivity index (χ2v) is 8.16. The Bertz CT molecular complexity index is 1190. The van der Waals surface area contributed by atoms with E-state index in [1.807, 2.05) is 0 Å². The summed E-state index contributed by atoms with van der Waals surface area (Å²) in [6.07, 6.45) is 1.00. The van der Waals surface area contributed by atoms with Gasteiger partial charge in [0, 0.05) is 13.1 Å². The van der Waals surface area contributed by atoms with E-state index >= 15 is 0 Å². The summed E-state index contributed by atoms with van der Waals surface area (Å²) in [6, 6.07) is 17.0. The van der Waals surface area contributed by atoms with E-state index in [1.165, 1.54) is 17.6 Å². The third-order valence-electron chi connectivity index (χ3n) is 4.88. The first-order valence-electron chi connectivity index (χ1n) is 10.5. The zero-order valence-corrected chi connectivity index (χ0v) is 18.9. The molecule has 0 spiro atoms. The van der Waals surface area contributed by atoms with E-state index in [1.54, 1.807) is 70.9 Å². The van der Waals surface area contributed by atoms with Crippen LogP contribution in [0, 0.1) is 0 Å². The highest BCUT2D eigenvalue weighted by Gasteiger charge is 2.19. The molecule has 1 aliphatic rings. The molecular weight excluding hydrogens is 456 g/mol. The van der Waals surface area contributed by atoms with Crippen molar-refractivity contribution in [2.45, 2.75) is 0 Å². The summed E-state index contributed by atoms with van der Waals surface area (Å²) in [7, 11) is 0. The van der Waals surface area contributed by atoms with Crippen molar-refractivity contribution in [3.8, 4) is 5.75 Å². The Morgan fingerprint density at radius 2 is 1.82 bits per heavy atom. The Balaban J connectivity index is 1.36. The van der Waals surface area contributed by atoms with Gasteiger partial charge in [-0.15, -0.1) is 11.3 Å². The molecule has 1 aromatic heterocycles. The molecular formula is C24H22N4O5S. The normalized spacial score (nSPS) is 13.5. The average Bonchev–Trinajstić information content (AvgIpc) is 3.40. The van der Waals surface area contributed by atoms with Gasteiger partial charge < -0.3 is 19.7 Å². The van der Waals surface area contributed by atoms with Gasteiger partial charge in [0.1, 0.15) is 5.75 Å². The lowest BCUT2D eigenvalue weighted by Crippen LogP contribution is -2.42. The highest BCUT2D eigenvalue weighted by molar-refractivity contribution is 7.12. The number of anilines is 1. The second kappa shape index (κ2) is 11.2. The Morgan fingerprint density at radius 3 is 2.62 bits per heavy atom. The number of carbonyl (C=O) groups is 3. The van der Waals surface area contributed by atoms with Crippen LogP contribution in [-0.2, 0) is 4.74 Å². The molecule has 1 aliphatic heterocycles. The standard InChI is InChI=1S/C24H22N4O5S/c29-22(19-7-1-2-8-20(19)26-23(30)21-9-4-14-34-21)27-25-16-17-5-3-6-18(15-17)33-24(31)28-10-12-32-13-11-28/h1-9,14-16H,10-13H2,(H,26,30)(H,27,29). The number of ether oxygens (including phenoxy) is 2. The first kappa shape index (κ1) is 23.1. The predicted octanol–water partition coefficient (Wildman–Crippen LogP) is 3.60. The number of thiophene rings is 1. The zero-order chi connectivity index (χ0) is 23.8. The predicted molar refractivity (Wildman–Crippen MR) is 129 cm³/mol. The fourth-order valence-corrected chi connectivity index (χ4v) is 3.80. The van der Waals surface area contributed by atoms with Gasteiger partial charge in [0.15, 0.2) is 0 Å². The van der Waals surface area contributed by atoms with Crippen molar-refractivity contribution < 1.29 is 23.9 Å². The number of carbonyl (C=O) groups excluding carboxylic acids is 3. The van der Waals surface area contributed by atoms with Gasteiger partial charge in [-0.25, -0.2) is 10.2 Å². The molecule has 0 bridgehead atoms. The van der Waals surface area contributed by atoms with E-state index in [0.29, 0.717) is 48.2 Å². The van der Waals surface area contributed by atoms with Crippen LogP contribution < -0.4 is 15.5 Å². The summed E-state index contributed by atoms with van der Waals surface area (Å²) in [5.74, 6) is -0.399. The van der Waals surface area contributed by atoms with Gasteiger partial charge in [0.2, 0.25) is 0 Å². The minimum Gasteiger partial charge on any atom is -0.410 e. The van der Waals surface area contributed by atoms with Gasteiger partial charge in [0.05, 0.1) is 35.6 Å². The summed E-state index contributed by atoms with van der Waals surface area (Å²) < 4.78 is 10.7. The maximum atomic E-state index is 12.7. The van der Waals surface area contributed by atoms with Gasteiger partial charge in [-0.05, 0) is 41.3 Å². The molecule has 34 heavy (non-hydrogen) atoms. The summed E-state index contributed by atoms with van der Waals surface area (Å²) >= 11 is 1.31. The van der Waals surface area contributed by atoms with Crippen LogP contribution in [0.15, 0.2) is 71.1 Å². The number of benzene rings is 2. The third kappa shape index (κ3) is 6.06. The number of nitrogens with zero attached hydrogens (tertiary/aromatic N) is 2. The average molecular weight is 479 g/mol. The zero-order valence-electron chi connectivity index (χ0n) is 18.1. The third-order valence-corrected chi connectivity index (χ3v) is 5.75. The maximum Gasteiger partial charge on any atom is 0.415 e. The lowest BCUT2D eigenvalue weighted by Gasteiger charge is -2.25. The quantitative estimate of drug-likeness (QED) is 0.416. The number of hydrogen-bond acceptors (Lipinski definition) is 7. The fraction of sp³-hybridized carbons (Fsp3) is 0.167. The highest BCUT2D eigenvalue weighted by atomic mass is 32.1. The molecule has 0 saturated carbocycles. The Labute approximate surface area is 200 Å². The molecule has 0 aliphatic carbocycles. The van der Waals surface area contributed by atoms with Crippen LogP contribution in [0.3, 0.4) is 0 Å². The van der Waals surface area contributed by atoms with E-state index in [2.05, 4.69) is 15.8 Å². The first-order valence-corrected chi connectivity index (χ1v) is 11.4. The summed E-state index contributed by atoms with van der Waals surface area (Å²) in [5.41, 5.74) is 3.75. The molecule has 1 saturated heterocycles. The first-order chi connectivity index (χ1) is 16.6. The highest BCUT2D eigenvalue weighted by Crippen LogP contribution is 2.18. The van der Waals surface area contributed by atoms with E-state index in [4.69, 9.17) is 9.47 Å². The Kier molecular flexibility index (Phi) is 7.63. The minimum absolute atomic E-state index is 0.276. The van der Waals surface area contributed by atoms with Crippen molar-refractivity contribution >= 4 is 41.1 Å². The number of hydrazone groups is 1. The lowest BCUT2D eigenvalue weighted by atomic mass is 10.1.